The molecule has 9 heteroatoms. The Labute approximate surface area is 199 Å². The highest BCUT2D eigenvalue weighted by atomic mass is 127. The van der Waals surface area contributed by atoms with E-state index < -0.39 is 0 Å². The first kappa shape index (κ1) is 23.2. The molecular formula is C22H29FIN7. The van der Waals surface area contributed by atoms with E-state index in [0.29, 0.717) is 18.9 Å². The molecule has 0 saturated carbocycles. The Morgan fingerprint density at radius 3 is 2.90 bits per heavy atom. The molecule has 1 atom stereocenters. The maximum atomic E-state index is 14.0. The molecule has 7 nitrogen and oxygen atoms in total. The molecule has 0 bridgehead atoms. The molecule has 1 saturated heterocycles. The minimum absolute atomic E-state index is 0. The van der Waals surface area contributed by atoms with Gasteiger partial charge in [0, 0.05) is 38.4 Å². The normalized spacial score (nSPS) is 16.4. The van der Waals surface area contributed by atoms with E-state index in [-0.39, 0.29) is 35.8 Å². The molecule has 0 radical (unpaired) electrons. The van der Waals surface area contributed by atoms with Gasteiger partial charge in [-0.3, -0.25) is 4.99 Å². The van der Waals surface area contributed by atoms with Gasteiger partial charge >= 0.3 is 0 Å². The van der Waals surface area contributed by atoms with Crippen LogP contribution in [0.15, 0.2) is 47.6 Å². The molecule has 1 fully saturated rings. The van der Waals surface area contributed by atoms with Crippen molar-refractivity contribution in [2.75, 3.05) is 31.1 Å². The summed E-state index contributed by atoms with van der Waals surface area (Å²) < 4.78 is 16.2. The van der Waals surface area contributed by atoms with Crippen LogP contribution in [-0.2, 0) is 6.54 Å². The van der Waals surface area contributed by atoms with Gasteiger partial charge in [0.1, 0.15) is 5.82 Å². The number of hydrogen-bond donors (Lipinski definition) is 2. The van der Waals surface area contributed by atoms with E-state index in [1.165, 1.54) is 6.07 Å². The summed E-state index contributed by atoms with van der Waals surface area (Å²) in [6, 6.07) is 11.4. The maximum absolute atomic E-state index is 14.0. The SMILES string of the molecule is CCNC(=NCCn1c(C)nc2ccccc21)NC1CCN(c2ncccc2F)C1.I. The first-order valence-electron chi connectivity index (χ1n) is 10.5. The number of guanidine groups is 1. The van der Waals surface area contributed by atoms with Crippen LogP contribution in [0.2, 0.25) is 0 Å². The number of para-hydroxylation sites is 2. The zero-order valence-electron chi connectivity index (χ0n) is 17.9. The number of anilines is 1. The summed E-state index contributed by atoms with van der Waals surface area (Å²) in [5, 5.41) is 6.80. The molecule has 2 aromatic heterocycles. The molecule has 1 unspecified atom stereocenters. The molecule has 166 valence electrons. The smallest absolute Gasteiger partial charge is 0.191 e. The van der Waals surface area contributed by atoms with Crippen molar-refractivity contribution in [1.29, 1.82) is 0 Å². The quantitative estimate of drug-likeness (QED) is 0.287. The van der Waals surface area contributed by atoms with Gasteiger partial charge in [0.15, 0.2) is 17.6 Å². The molecule has 0 amide bonds. The summed E-state index contributed by atoms with van der Waals surface area (Å²) in [4.78, 5) is 15.5. The van der Waals surface area contributed by atoms with Crippen LogP contribution in [0.5, 0.6) is 0 Å². The van der Waals surface area contributed by atoms with E-state index >= 15 is 0 Å². The predicted molar refractivity (Wildman–Crippen MR) is 134 cm³/mol. The summed E-state index contributed by atoms with van der Waals surface area (Å²) in [7, 11) is 0. The second kappa shape index (κ2) is 10.7. The summed E-state index contributed by atoms with van der Waals surface area (Å²) in [6.45, 7) is 7.73. The van der Waals surface area contributed by atoms with Crippen molar-refractivity contribution in [3.8, 4) is 0 Å². The number of fused-ring (bicyclic) bond motifs is 1. The molecular weight excluding hydrogens is 508 g/mol. The van der Waals surface area contributed by atoms with Gasteiger partial charge in [0.05, 0.1) is 17.6 Å². The van der Waals surface area contributed by atoms with Crippen molar-refractivity contribution >= 4 is 46.8 Å². The fourth-order valence-corrected chi connectivity index (χ4v) is 3.93. The van der Waals surface area contributed by atoms with Crippen molar-refractivity contribution in [2.24, 2.45) is 4.99 Å². The van der Waals surface area contributed by atoms with Crippen LogP contribution in [0.25, 0.3) is 11.0 Å². The Balaban J connectivity index is 0.00000272. The van der Waals surface area contributed by atoms with Crippen LogP contribution in [-0.4, -0.2) is 52.7 Å². The highest BCUT2D eigenvalue weighted by molar-refractivity contribution is 14.0. The first-order chi connectivity index (χ1) is 14.7. The average molecular weight is 537 g/mol. The van der Waals surface area contributed by atoms with Gasteiger partial charge in [-0.1, -0.05) is 12.1 Å². The van der Waals surface area contributed by atoms with Crippen LogP contribution in [0.3, 0.4) is 0 Å². The van der Waals surface area contributed by atoms with Crippen LogP contribution >= 0.6 is 24.0 Å². The topological polar surface area (TPSA) is 70.4 Å². The number of nitrogens with one attached hydrogen (secondary N) is 2. The average Bonchev–Trinajstić information content (AvgIpc) is 3.33. The molecule has 4 rings (SSSR count). The molecule has 1 aromatic carbocycles. The fraction of sp³-hybridized carbons (Fsp3) is 0.409. The van der Waals surface area contributed by atoms with Crippen molar-refractivity contribution < 1.29 is 4.39 Å². The Kier molecular flexibility index (Phi) is 8.05. The lowest BCUT2D eigenvalue weighted by Crippen LogP contribution is -2.44. The third-order valence-electron chi connectivity index (χ3n) is 5.35. The molecule has 1 aliphatic rings. The van der Waals surface area contributed by atoms with E-state index in [1.54, 1.807) is 12.3 Å². The summed E-state index contributed by atoms with van der Waals surface area (Å²) in [6.07, 6.45) is 2.54. The van der Waals surface area contributed by atoms with Gasteiger partial charge < -0.3 is 20.1 Å². The summed E-state index contributed by atoms with van der Waals surface area (Å²) in [5.74, 6) is 1.92. The van der Waals surface area contributed by atoms with Gasteiger partial charge in [0.2, 0.25) is 0 Å². The van der Waals surface area contributed by atoms with Crippen LogP contribution in [0.4, 0.5) is 10.2 Å². The minimum atomic E-state index is -0.276. The summed E-state index contributed by atoms with van der Waals surface area (Å²) >= 11 is 0. The number of benzene rings is 1. The summed E-state index contributed by atoms with van der Waals surface area (Å²) in [5.41, 5.74) is 2.14. The number of imidazole rings is 1. The monoisotopic (exact) mass is 537 g/mol. The fourth-order valence-electron chi connectivity index (χ4n) is 3.93. The van der Waals surface area contributed by atoms with Crippen LogP contribution in [0, 0.1) is 12.7 Å². The molecule has 2 N–H and O–H groups in total. The Morgan fingerprint density at radius 2 is 2.10 bits per heavy atom. The molecule has 31 heavy (non-hydrogen) atoms. The Morgan fingerprint density at radius 1 is 1.26 bits per heavy atom. The van der Waals surface area contributed by atoms with E-state index in [1.807, 2.05) is 30.0 Å². The van der Waals surface area contributed by atoms with Gasteiger partial charge in [0.25, 0.3) is 0 Å². The molecule has 0 aliphatic carbocycles. The second-order valence-electron chi connectivity index (χ2n) is 7.44. The van der Waals surface area contributed by atoms with Crippen molar-refractivity contribution in [3.63, 3.8) is 0 Å². The van der Waals surface area contributed by atoms with Gasteiger partial charge in [-0.05, 0) is 44.5 Å². The minimum Gasteiger partial charge on any atom is -0.357 e. The van der Waals surface area contributed by atoms with E-state index in [2.05, 4.69) is 38.2 Å². The zero-order chi connectivity index (χ0) is 20.9. The first-order valence-corrected chi connectivity index (χ1v) is 10.5. The van der Waals surface area contributed by atoms with Gasteiger partial charge in [-0.25, -0.2) is 14.4 Å². The number of rotatable bonds is 6. The maximum Gasteiger partial charge on any atom is 0.191 e. The molecule has 3 heterocycles. The van der Waals surface area contributed by atoms with Crippen molar-refractivity contribution in [3.05, 3.63) is 54.2 Å². The third kappa shape index (κ3) is 5.44. The largest absolute Gasteiger partial charge is 0.357 e. The molecule has 0 spiro atoms. The number of hydrogen-bond acceptors (Lipinski definition) is 4. The number of aryl methyl sites for hydroxylation is 1. The van der Waals surface area contributed by atoms with Crippen molar-refractivity contribution in [1.82, 2.24) is 25.2 Å². The highest BCUT2D eigenvalue weighted by Crippen LogP contribution is 2.20. The predicted octanol–water partition coefficient (Wildman–Crippen LogP) is 3.33. The van der Waals surface area contributed by atoms with Crippen LogP contribution < -0.4 is 15.5 Å². The molecule has 3 aromatic rings. The third-order valence-corrected chi connectivity index (χ3v) is 5.35. The second-order valence-corrected chi connectivity index (χ2v) is 7.44. The van der Waals surface area contributed by atoms with E-state index in [9.17, 15) is 4.39 Å². The lowest BCUT2D eigenvalue weighted by molar-refractivity contribution is 0.612. The Hall–Kier alpha value is -2.43. The lowest BCUT2D eigenvalue weighted by atomic mass is 10.3. The van der Waals surface area contributed by atoms with Gasteiger partial charge in [-0.2, -0.15) is 0 Å². The zero-order valence-corrected chi connectivity index (χ0v) is 20.2. The van der Waals surface area contributed by atoms with Crippen LogP contribution in [0.1, 0.15) is 19.2 Å². The standard InChI is InChI=1S/C22H28FN7.HI/c1-3-24-22(26-12-14-30-16(2)27-19-8-4-5-9-20(19)30)28-17-10-13-29(15-17)21-18(23)7-6-11-25-21;/h4-9,11,17H,3,10,12-15H2,1-2H3,(H2,24,26,28);1H. The number of pyridine rings is 1. The van der Waals surface area contributed by atoms with E-state index in [0.717, 1.165) is 48.9 Å². The highest BCUT2D eigenvalue weighted by Gasteiger charge is 2.25. The number of halogens is 2. The number of nitrogens with zero attached hydrogens (tertiary/aromatic N) is 5. The molecule has 1 aliphatic heterocycles. The lowest BCUT2D eigenvalue weighted by Gasteiger charge is -2.20. The number of aliphatic imine (C=N–C) groups is 1. The van der Waals surface area contributed by atoms with Gasteiger partial charge in [-0.15, -0.1) is 24.0 Å². The van der Waals surface area contributed by atoms with Crippen molar-refractivity contribution in [2.45, 2.75) is 32.9 Å². The van der Waals surface area contributed by atoms with E-state index in [4.69, 9.17) is 4.99 Å². The number of aromatic nitrogens is 3. The Bertz CT molecular complexity index is 1040.